The standard InChI is InChI=1S/C14H12BrClN2O2S/c15-9-5-6-13(11(17)7-9)21(20)8-14(19)18-12-4-2-1-3-10(12)16/h1-7H,8,17H2,(H,18,19). The van der Waals surface area contributed by atoms with Crippen molar-refractivity contribution in [3.8, 4) is 0 Å². The minimum Gasteiger partial charge on any atom is -0.398 e. The van der Waals surface area contributed by atoms with Crippen LogP contribution in [0.5, 0.6) is 0 Å². The lowest BCUT2D eigenvalue weighted by molar-refractivity contribution is -0.113. The SMILES string of the molecule is Nc1cc(Br)ccc1S(=O)CC(=O)Nc1ccccc1Cl. The summed E-state index contributed by atoms with van der Waals surface area (Å²) >= 11 is 9.22. The average Bonchev–Trinajstić information content (AvgIpc) is 2.41. The fourth-order valence-electron chi connectivity index (χ4n) is 1.67. The van der Waals surface area contributed by atoms with Crippen LogP contribution in [0.25, 0.3) is 0 Å². The van der Waals surface area contributed by atoms with Gasteiger partial charge in [0.1, 0.15) is 5.75 Å². The Bertz CT molecular complexity index is 709. The van der Waals surface area contributed by atoms with Crippen LogP contribution in [0.4, 0.5) is 11.4 Å². The van der Waals surface area contributed by atoms with Crippen LogP contribution in [0.1, 0.15) is 0 Å². The van der Waals surface area contributed by atoms with Gasteiger partial charge in [0.2, 0.25) is 5.91 Å². The average molecular weight is 388 g/mol. The number of para-hydroxylation sites is 1. The van der Waals surface area contributed by atoms with Crippen LogP contribution in [0.3, 0.4) is 0 Å². The highest BCUT2D eigenvalue weighted by atomic mass is 79.9. The van der Waals surface area contributed by atoms with E-state index in [4.69, 9.17) is 17.3 Å². The monoisotopic (exact) mass is 386 g/mol. The molecule has 4 nitrogen and oxygen atoms in total. The van der Waals surface area contributed by atoms with Gasteiger partial charge in [0, 0.05) is 10.2 Å². The van der Waals surface area contributed by atoms with E-state index < -0.39 is 10.8 Å². The van der Waals surface area contributed by atoms with Crippen molar-refractivity contribution < 1.29 is 9.00 Å². The maximum absolute atomic E-state index is 12.2. The normalized spacial score (nSPS) is 11.9. The van der Waals surface area contributed by atoms with E-state index in [1.54, 1.807) is 42.5 Å². The van der Waals surface area contributed by atoms with Gasteiger partial charge in [-0.2, -0.15) is 0 Å². The van der Waals surface area contributed by atoms with Crippen LogP contribution in [0, 0.1) is 0 Å². The van der Waals surface area contributed by atoms with E-state index in [1.807, 2.05) is 0 Å². The lowest BCUT2D eigenvalue weighted by Gasteiger charge is -2.08. The summed E-state index contributed by atoms with van der Waals surface area (Å²) in [6.45, 7) is 0. The van der Waals surface area contributed by atoms with Crippen LogP contribution in [-0.2, 0) is 15.6 Å². The third-order valence-electron chi connectivity index (χ3n) is 2.63. The van der Waals surface area contributed by atoms with E-state index in [2.05, 4.69) is 21.2 Å². The van der Waals surface area contributed by atoms with E-state index in [0.29, 0.717) is 21.3 Å². The van der Waals surface area contributed by atoms with Crippen molar-refractivity contribution in [2.24, 2.45) is 0 Å². The number of nitrogens with two attached hydrogens (primary N) is 1. The molecule has 2 aromatic rings. The number of amides is 1. The number of carbonyl (C=O) groups is 1. The molecule has 0 aliphatic carbocycles. The van der Waals surface area contributed by atoms with Crippen LogP contribution in [0.15, 0.2) is 51.8 Å². The smallest absolute Gasteiger partial charge is 0.237 e. The number of hydrogen-bond acceptors (Lipinski definition) is 3. The van der Waals surface area contributed by atoms with Crippen molar-refractivity contribution >= 4 is 55.6 Å². The first kappa shape index (κ1) is 16.0. The van der Waals surface area contributed by atoms with Crippen molar-refractivity contribution in [3.05, 3.63) is 52.0 Å². The molecule has 2 aromatic carbocycles. The molecule has 21 heavy (non-hydrogen) atoms. The zero-order valence-electron chi connectivity index (χ0n) is 10.8. The molecule has 2 rings (SSSR count). The Labute approximate surface area is 138 Å². The van der Waals surface area contributed by atoms with Crippen LogP contribution in [0.2, 0.25) is 5.02 Å². The van der Waals surface area contributed by atoms with Gasteiger partial charge < -0.3 is 11.1 Å². The number of benzene rings is 2. The Morgan fingerprint density at radius 3 is 2.67 bits per heavy atom. The molecule has 1 unspecified atom stereocenters. The van der Waals surface area contributed by atoms with Gasteiger partial charge in [-0.05, 0) is 30.3 Å². The Morgan fingerprint density at radius 2 is 2.00 bits per heavy atom. The minimum atomic E-state index is -1.51. The Morgan fingerprint density at radius 1 is 1.29 bits per heavy atom. The van der Waals surface area contributed by atoms with Crippen molar-refractivity contribution in [3.63, 3.8) is 0 Å². The third kappa shape index (κ3) is 4.30. The molecule has 0 aliphatic heterocycles. The minimum absolute atomic E-state index is 0.183. The van der Waals surface area contributed by atoms with Gasteiger partial charge in [0.05, 0.1) is 26.4 Å². The first-order chi connectivity index (χ1) is 9.97. The van der Waals surface area contributed by atoms with Crippen molar-refractivity contribution in [1.82, 2.24) is 0 Å². The van der Waals surface area contributed by atoms with Gasteiger partial charge >= 0.3 is 0 Å². The molecule has 0 bridgehead atoms. The number of hydrogen-bond donors (Lipinski definition) is 2. The molecular formula is C14H12BrClN2O2S. The molecule has 0 saturated carbocycles. The molecule has 1 amide bonds. The largest absolute Gasteiger partial charge is 0.398 e. The number of nitrogen functional groups attached to an aromatic ring is 1. The van der Waals surface area contributed by atoms with Crippen LogP contribution >= 0.6 is 27.5 Å². The summed E-state index contributed by atoms with van der Waals surface area (Å²) in [5.41, 5.74) is 6.67. The van der Waals surface area contributed by atoms with Crippen molar-refractivity contribution in [2.45, 2.75) is 4.90 Å². The lowest BCUT2D eigenvalue weighted by Crippen LogP contribution is -2.20. The summed E-state index contributed by atoms with van der Waals surface area (Å²) in [5, 5.41) is 3.06. The van der Waals surface area contributed by atoms with E-state index >= 15 is 0 Å². The highest BCUT2D eigenvalue weighted by Crippen LogP contribution is 2.23. The molecule has 1 atom stereocenters. The molecule has 0 radical (unpaired) electrons. The van der Waals surface area contributed by atoms with Gasteiger partial charge in [0.15, 0.2) is 0 Å². The second-order valence-electron chi connectivity index (χ2n) is 4.20. The fraction of sp³-hybridized carbons (Fsp3) is 0.0714. The van der Waals surface area contributed by atoms with E-state index in [9.17, 15) is 9.00 Å². The predicted molar refractivity (Wildman–Crippen MR) is 89.9 cm³/mol. The molecule has 110 valence electrons. The molecule has 7 heteroatoms. The van der Waals surface area contributed by atoms with Gasteiger partial charge in [-0.3, -0.25) is 9.00 Å². The van der Waals surface area contributed by atoms with Crippen molar-refractivity contribution in [2.75, 3.05) is 16.8 Å². The molecule has 0 fully saturated rings. The predicted octanol–water partition coefficient (Wildman–Crippen LogP) is 3.43. The topological polar surface area (TPSA) is 72.2 Å². The quantitative estimate of drug-likeness (QED) is 0.789. The van der Waals surface area contributed by atoms with Crippen LogP contribution < -0.4 is 11.1 Å². The number of carbonyl (C=O) groups excluding carboxylic acids is 1. The van der Waals surface area contributed by atoms with Crippen LogP contribution in [-0.4, -0.2) is 15.9 Å². The van der Waals surface area contributed by atoms with Gasteiger partial charge in [-0.15, -0.1) is 0 Å². The zero-order valence-corrected chi connectivity index (χ0v) is 14.0. The summed E-state index contributed by atoms with van der Waals surface area (Å²) < 4.78 is 13.0. The molecule has 0 spiro atoms. The van der Waals surface area contributed by atoms with Gasteiger partial charge in [0.25, 0.3) is 0 Å². The third-order valence-corrected chi connectivity index (χ3v) is 4.84. The van der Waals surface area contributed by atoms with E-state index in [1.165, 1.54) is 0 Å². The number of rotatable bonds is 4. The Hall–Kier alpha value is -1.37. The van der Waals surface area contributed by atoms with Crippen molar-refractivity contribution in [1.29, 1.82) is 0 Å². The number of nitrogens with one attached hydrogen (secondary N) is 1. The molecule has 3 N–H and O–H groups in total. The first-order valence-electron chi connectivity index (χ1n) is 5.95. The maximum Gasteiger partial charge on any atom is 0.237 e. The fourth-order valence-corrected chi connectivity index (χ4v) is 3.24. The molecule has 0 heterocycles. The molecule has 0 aromatic heterocycles. The summed E-state index contributed by atoms with van der Waals surface area (Å²) in [6, 6.07) is 11.9. The highest BCUT2D eigenvalue weighted by Gasteiger charge is 2.14. The summed E-state index contributed by atoms with van der Waals surface area (Å²) in [7, 11) is -1.51. The second-order valence-corrected chi connectivity index (χ2v) is 6.94. The summed E-state index contributed by atoms with van der Waals surface area (Å²) in [6.07, 6.45) is 0. The van der Waals surface area contributed by atoms with E-state index in [-0.39, 0.29) is 11.7 Å². The Kier molecular flexibility index (Phi) is 5.39. The van der Waals surface area contributed by atoms with Gasteiger partial charge in [-0.1, -0.05) is 39.7 Å². The lowest BCUT2D eigenvalue weighted by atomic mass is 10.3. The van der Waals surface area contributed by atoms with E-state index in [0.717, 1.165) is 4.47 Å². The second kappa shape index (κ2) is 7.06. The summed E-state index contributed by atoms with van der Waals surface area (Å²) in [5.74, 6) is -0.569. The van der Waals surface area contributed by atoms with Gasteiger partial charge in [-0.25, -0.2) is 0 Å². The zero-order chi connectivity index (χ0) is 15.4. The maximum atomic E-state index is 12.2. The summed E-state index contributed by atoms with van der Waals surface area (Å²) in [4.78, 5) is 12.4. The highest BCUT2D eigenvalue weighted by molar-refractivity contribution is 9.10. The number of halogens is 2. The molecule has 0 saturated heterocycles. The first-order valence-corrected chi connectivity index (χ1v) is 8.44. The molecule has 0 aliphatic rings. The molecular weight excluding hydrogens is 376 g/mol. The Balaban J connectivity index is 2.06. The number of anilines is 2.